The Balaban J connectivity index is 1.86. The molecule has 0 unspecified atom stereocenters. The van der Waals surface area contributed by atoms with Gasteiger partial charge in [-0.2, -0.15) is 0 Å². The number of methoxy groups -OCH3 is 1. The summed E-state index contributed by atoms with van der Waals surface area (Å²) in [5, 5.41) is 0.553. The highest BCUT2D eigenvalue weighted by atomic mass is 35.5. The molecule has 0 aliphatic rings. The van der Waals surface area contributed by atoms with E-state index in [4.69, 9.17) is 21.1 Å². The van der Waals surface area contributed by atoms with E-state index in [1.807, 2.05) is 0 Å². The summed E-state index contributed by atoms with van der Waals surface area (Å²) in [4.78, 5) is 15.0. The van der Waals surface area contributed by atoms with E-state index in [1.54, 1.807) is 36.4 Å². The van der Waals surface area contributed by atoms with E-state index < -0.39 is 0 Å². The Labute approximate surface area is 127 Å². The molecule has 1 heterocycles. The number of halogens is 1. The molecule has 0 saturated heterocycles. The van der Waals surface area contributed by atoms with Crippen LogP contribution >= 0.6 is 11.6 Å². The van der Waals surface area contributed by atoms with Gasteiger partial charge in [0, 0.05) is 12.3 Å². The van der Waals surface area contributed by atoms with E-state index in [-0.39, 0.29) is 19.0 Å². The molecule has 2 aromatic rings. The third-order valence-corrected chi connectivity index (χ3v) is 2.77. The molecule has 0 spiro atoms. The summed E-state index contributed by atoms with van der Waals surface area (Å²) in [5.41, 5.74) is 0. The molecule has 5 nitrogen and oxygen atoms in total. The standard InChI is InChI=1S/C15H14ClNO4/c1-19-15(18)8-9-20-12-3-5-13(6-4-12)21-14-7-2-11(16)10-17-14/h2-7,10H,8-9H2,1H3. The normalized spacial score (nSPS) is 10.0. The Kier molecular flexibility index (Phi) is 5.40. The Morgan fingerprint density at radius 3 is 2.48 bits per heavy atom. The van der Waals surface area contributed by atoms with Crippen molar-refractivity contribution in [1.82, 2.24) is 4.98 Å². The van der Waals surface area contributed by atoms with E-state index in [9.17, 15) is 4.79 Å². The fraction of sp³-hybridized carbons (Fsp3) is 0.200. The average Bonchev–Trinajstić information content (AvgIpc) is 2.51. The van der Waals surface area contributed by atoms with E-state index in [0.29, 0.717) is 22.4 Å². The van der Waals surface area contributed by atoms with E-state index in [0.717, 1.165) is 0 Å². The van der Waals surface area contributed by atoms with Crippen molar-refractivity contribution in [3.8, 4) is 17.4 Å². The number of carbonyl (C=O) groups excluding carboxylic acids is 1. The number of rotatable bonds is 6. The van der Waals surface area contributed by atoms with Gasteiger partial charge in [0.2, 0.25) is 5.88 Å². The van der Waals surface area contributed by atoms with Crippen LogP contribution in [-0.4, -0.2) is 24.7 Å². The number of carbonyl (C=O) groups is 1. The molecule has 0 aliphatic heterocycles. The Bertz CT molecular complexity index is 584. The van der Waals surface area contributed by atoms with Crippen molar-refractivity contribution in [3.05, 3.63) is 47.6 Å². The minimum absolute atomic E-state index is 0.212. The molecule has 110 valence electrons. The molecule has 0 radical (unpaired) electrons. The van der Waals surface area contributed by atoms with Gasteiger partial charge in [-0.1, -0.05) is 11.6 Å². The van der Waals surface area contributed by atoms with Gasteiger partial charge < -0.3 is 14.2 Å². The summed E-state index contributed by atoms with van der Waals surface area (Å²) in [6, 6.07) is 10.4. The molecule has 21 heavy (non-hydrogen) atoms. The fourth-order valence-electron chi connectivity index (χ4n) is 1.50. The molecule has 6 heteroatoms. The first-order valence-corrected chi connectivity index (χ1v) is 6.64. The Morgan fingerprint density at radius 1 is 1.14 bits per heavy atom. The molecule has 0 amide bonds. The molecule has 0 fully saturated rings. The Morgan fingerprint density at radius 2 is 1.86 bits per heavy atom. The van der Waals surface area contributed by atoms with Crippen molar-refractivity contribution in [2.75, 3.05) is 13.7 Å². The summed E-state index contributed by atoms with van der Waals surface area (Å²) in [5.74, 6) is 1.43. The topological polar surface area (TPSA) is 57.7 Å². The molecule has 0 atom stereocenters. The summed E-state index contributed by atoms with van der Waals surface area (Å²) in [6.07, 6.45) is 1.73. The smallest absolute Gasteiger partial charge is 0.308 e. The van der Waals surface area contributed by atoms with Crippen LogP contribution < -0.4 is 9.47 Å². The van der Waals surface area contributed by atoms with Crippen LogP contribution in [0.15, 0.2) is 42.6 Å². The number of hydrogen-bond donors (Lipinski definition) is 0. The highest BCUT2D eigenvalue weighted by Gasteiger charge is 2.02. The molecule has 0 N–H and O–H groups in total. The maximum absolute atomic E-state index is 10.9. The first kappa shape index (κ1) is 15.1. The van der Waals surface area contributed by atoms with Crippen LogP contribution in [0.4, 0.5) is 0 Å². The number of aromatic nitrogens is 1. The van der Waals surface area contributed by atoms with Crippen molar-refractivity contribution < 1.29 is 19.0 Å². The van der Waals surface area contributed by atoms with Gasteiger partial charge in [-0.25, -0.2) is 4.98 Å². The molecular weight excluding hydrogens is 294 g/mol. The predicted octanol–water partition coefficient (Wildman–Crippen LogP) is 3.47. The third kappa shape index (κ3) is 4.96. The van der Waals surface area contributed by atoms with Crippen LogP contribution in [0, 0.1) is 0 Å². The monoisotopic (exact) mass is 307 g/mol. The van der Waals surface area contributed by atoms with E-state index in [2.05, 4.69) is 9.72 Å². The van der Waals surface area contributed by atoms with Crippen LogP contribution in [0.2, 0.25) is 5.02 Å². The van der Waals surface area contributed by atoms with Crippen LogP contribution in [0.5, 0.6) is 17.4 Å². The first-order valence-electron chi connectivity index (χ1n) is 6.26. The van der Waals surface area contributed by atoms with E-state index in [1.165, 1.54) is 13.3 Å². The molecule has 1 aromatic heterocycles. The van der Waals surface area contributed by atoms with Gasteiger partial charge in [0.25, 0.3) is 0 Å². The number of nitrogens with zero attached hydrogens (tertiary/aromatic N) is 1. The molecule has 0 saturated carbocycles. The lowest BCUT2D eigenvalue weighted by Gasteiger charge is -2.07. The summed E-state index contributed by atoms with van der Waals surface area (Å²) < 4.78 is 15.5. The van der Waals surface area contributed by atoms with Crippen LogP contribution in [0.1, 0.15) is 6.42 Å². The lowest BCUT2D eigenvalue weighted by atomic mass is 10.3. The van der Waals surface area contributed by atoms with Crippen LogP contribution in [0.25, 0.3) is 0 Å². The van der Waals surface area contributed by atoms with Gasteiger partial charge in [0.05, 0.1) is 25.2 Å². The van der Waals surface area contributed by atoms with Gasteiger partial charge in [-0.05, 0) is 30.3 Å². The maximum atomic E-state index is 10.9. The number of pyridine rings is 1. The maximum Gasteiger partial charge on any atom is 0.308 e. The highest BCUT2D eigenvalue weighted by Crippen LogP contribution is 2.23. The van der Waals surface area contributed by atoms with Crippen molar-refractivity contribution in [2.24, 2.45) is 0 Å². The molecule has 2 rings (SSSR count). The number of benzene rings is 1. The quantitative estimate of drug-likeness (QED) is 0.765. The highest BCUT2D eigenvalue weighted by molar-refractivity contribution is 6.30. The third-order valence-electron chi connectivity index (χ3n) is 2.55. The molecule has 0 aliphatic carbocycles. The molecule has 1 aromatic carbocycles. The number of ether oxygens (including phenoxy) is 3. The second kappa shape index (κ2) is 7.50. The van der Waals surface area contributed by atoms with Crippen molar-refractivity contribution in [3.63, 3.8) is 0 Å². The number of esters is 1. The van der Waals surface area contributed by atoms with Crippen molar-refractivity contribution >= 4 is 17.6 Å². The average molecular weight is 308 g/mol. The minimum atomic E-state index is -0.302. The second-order valence-corrected chi connectivity index (χ2v) is 4.50. The van der Waals surface area contributed by atoms with Crippen LogP contribution in [0.3, 0.4) is 0 Å². The predicted molar refractivity (Wildman–Crippen MR) is 77.9 cm³/mol. The summed E-state index contributed by atoms with van der Waals surface area (Å²) in [6.45, 7) is 0.269. The fourth-order valence-corrected chi connectivity index (χ4v) is 1.61. The van der Waals surface area contributed by atoms with Gasteiger partial charge >= 0.3 is 5.97 Å². The zero-order chi connectivity index (χ0) is 15.1. The van der Waals surface area contributed by atoms with Gasteiger partial charge in [0.1, 0.15) is 11.5 Å². The first-order chi connectivity index (χ1) is 10.2. The largest absolute Gasteiger partial charge is 0.493 e. The minimum Gasteiger partial charge on any atom is -0.493 e. The second-order valence-electron chi connectivity index (χ2n) is 4.06. The SMILES string of the molecule is COC(=O)CCOc1ccc(Oc2ccc(Cl)cn2)cc1. The van der Waals surface area contributed by atoms with Gasteiger partial charge in [-0.15, -0.1) is 0 Å². The zero-order valence-electron chi connectivity index (χ0n) is 11.4. The van der Waals surface area contributed by atoms with Crippen molar-refractivity contribution in [1.29, 1.82) is 0 Å². The number of hydrogen-bond acceptors (Lipinski definition) is 5. The summed E-state index contributed by atoms with van der Waals surface area (Å²) in [7, 11) is 1.35. The lowest BCUT2D eigenvalue weighted by molar-refractivity contribution is -0.141. The lowest BCUT2D eigenvalue weighted by Crippen LogP contribution is -2.07. The van der Waals surface area contributed by atoms with E-state index >= 15 is 0 Å². The summed E-state index contributed by atoms with van der Waals surface area (Å²) >= 11 is 5.75. The Hall–Kier alpha value is -2.27. The molecular formula is C15H14ClNO4. The van der Waals surface area contributed by atoms with Gasteiger partial charge in [0.15, 0.2) is 0 Å². The zero-order valence-corrected chi connectivity index (χ0v) is 12.2. The van der Waals surface area contributed by atoms with Crippen molar-refractivity contribution in [2.45, 2.75) is 6.42 Å². The van der Waals surface area contributed by atoms with Gasteiger partial charge in [-0.3, -0.25) is 4.79 Å². The molecule has 0 bridgehead atoms. The van der Waals surface area contributed by atoms with Crippen LogP contribution in [-0.2, 0) is 9.53 Å².